The molecule has 1 aromatic carbocycles. The first-order chi connectivity index (χ1) is 8.10. The molecule has 1 aliphatic rings. The number of benzene rings is 1. The predicted molar refractivity (Wildman–Crippen MR) is 70.7 cm³/mol. The highest BCUT2D eigenvalue weighted by Gasteiger charge is 2.25. The number of amides is 1. The van der Waals surface area contributed by atoms with Crippen molar-refractivity contribution in [2.24, 2.45) is 5.92 Å². The van der Waals surface area contributed by atoms with E-state index in [2.05, 4.69) is 17.6 Å². The summed E-state index contributed by atoms with van der Waals surface area (Å²) in [6.45, 7) is 2.24. The summed E-state index contributed by atoms with van der Waals surface area (Å²) in [7, 11) is 1.62. The average molecular weight is 253 g/mol. The van der Waals surface area contributed by atoms with Crippen LogP contribution < -0.4 is 10.6 Å². The van der Waals surface area contributed by atoms with Crippen molar-refractivity contribution in [1.29, 1.82) is 0 Å². The first-order valence-electron chi connectivity index (χ1n) is 5.88. The van der Waals surface area contributed by atoms with Crippen molar-refractivity contribution in [1.82, 2.24) is 5.32 Å². The Bertz CT molecular complexity index is 427. The third-order valence-electron chi connectivity index (χ3n) is 3.19. The Labute approximate surface area is 107 Å². The Morgan fingerprint density at radius 3 is 2.71 bits per heavy atom. The van der Waals surface area contributed by atoms with Gasteiger partial charge in [0.2, 0.25) is 0 Å². The molecule has 0 radical (unpaired) electrons. The fourth-order valence-electron chi connectivity index (χ4n) is 2.16. The standard InChI is InChI=1S/C13H17ClN2O/c1-8-5-10(6-8)16-12-7-9(13(17)15-2)3-4-11(12)14/h3-4,7-8,10,16H,5-6H2,1-2H3,(H,15,17). The quantitative estimate of drug-likeness (QED) is 0.869. The molecule has 0 bridgehead atoms. The van der Waals surface area contributed by atoms with Crippen molar-refractivity contribution < 1.29 is 4.79 Å². The van der Waals surface area contributed by atoms with Crippen LogP contribution in [0.5, 0.6) is 0 Å². The lowest BCUT2D eigenvalue weighted by atomic mass is 9.82. The Kier molecular flexibility index (Phi) is 3.57. The minimum atomic E-state index is -0.0910. The van der Waals surface area contributed by atoms with Crippen LogP contribution in [0.25, 0.3) is 0 Å². The highest BCUT2D eigenvalue weighted by Crippen LogP contribution is 2.32. The van der Waals surface area contributed by atoms with Crippen LogP contribution in [0.15, 0.2) is 18.2 Å². The van der Waals surface area contributed by atoms with Gasteiger partial charge in [-0.05, 0) is 37.0 Å². The summed E-state index contributed by atoms with van der Waals surface area (Å²) in [6, 6.07) is 5.79. The summed E-state index contributed by atoms with van der Waals surface area (Å²) >= 11 is 6.11. The molecule has 0 aliphatic heterocycles. The van der Waals surface area contributed by atoms with Gasteiger partial charge in [-0.2, -0.15) is 0 Å². The molecule has 0 aromatic heterocycles. The summed E-state index contributed by atoms with van der Waals surface area (Å²) in [6.07, 6.45) is 2.33. The van der Waals surface area contributed by atoms with Gasteiger partial charge in [-0.15, -0.1) is 0 Å². The summed E-state index contributed by atoms with van der Waals surface area (Å²) in [5.41, 5.74) is 1.48. The third-order valence-corrected chi connectivity index (χ3v) is 3.52. The predicted octanol–water partition coefficient (Wildman–Crippen LogP) is 2.91. The van der Waals surface area contributed by atoms with Crippen molar-refractivity contribution in [3.05, 3.63) is 28.8 Å². The molecule has 0 spiro atoms. The summed E-state index contributed by atoms with van der Waals surface area (Å²) in [5, 5.41) is 6.66. The molecule has 1 saturated carbocycles. The van der Waals surface area contributed by atoms with Crippen molar-refractivity contribution in [3.63, 3.8) is 0 Å². The Morgan fingerprint density at radius 1 is 1.41 bits per heavy atom. The van der Waals surface area contributed by atoms with E-state index in [9.17, 15) is 4.79 Å². The van der Waals surface area contributed by atoms with Gasteiger partial charge in [-0.1, -0.05) is 18.5 Å². The monoisotopic (exact) mass is 252 g/mol. The second kappa shape index (κ2) is 4.96. The maximum Gasteiger partial charge on any atom is 0.251 e. The van der Waals surface area contributed by atoms with E-state index in [1.165, 1.54) is 12.8 Å². The second-order valence-electron chi connectivity index (χ2n) is 4.69. The van der Waals surface area contributed by atoms with Crippen LogP contribution in [0.2, 0.25) is 5.02 Å². The highest BCUT2D eigenvalue weighted by molar-refractivity contribution is 6.33. The van der Waals surface area contributed by atoms with Crippen LogP contribution in [0.4, 0.5) is 5.69 Å². The molecule has 1 fully saturated rings. The van der Waals surface area contributed by atoms with Gasteiger partial charge < -0.3 is 10.6 Å². The highest BCUT2D eigenvalue weighted by atomic mass is 35.5. The van der Waals surface area contributed by atoms with Crippen molar-refractivity contribution in [3.8, 4) is 0 Å². The summed E-state index contributed by atoms with van der Waals surface area (Å²) < 4.78 is 0. The van der Waals surface area contributed by atoms with Gasteiger partial charge in [0.05, 0.1) is 10.7 Å². The average Bonchev–Trinajstić information content (AvgIpc) is 2.28. The van der Waals surface area contributed by atoms with Gasteiger partial charge in [0.15, 0.2) is 0 Å². The lowest BCUT2D eigenvalue weighted by molar-refractivity contribution is 0.0963. The first-order valence-corrected chi connectivity index (χ1v) is 6.26. The number of carbonyl (C=O) groups excluding carboxylic acids is 1. The molecule has 4 heteroatoms. The van der Waals surface area contributed by atoms with Crippen molar-refractivity contribution in [2.75, 3.05) is 12.4 Å². The normalized spacial score (nSPS) is 22.8. The second-order valence-corrected chi connectivity index (χ2v) is 5.10. The van der Waals surface area contributed by atoms with E-state index in [0.717, 1.165) is 11.6 Å². The summed E-state index contributed by atoms with van der Waals surface area (Å²) in [4.78, 5) is 11.5. The van der Waals surface area contributed by atoms with Crippen LogP contribution >= 0.6 is 11.6 Å². The van der Waals surface area contributed by atoms with Crippen LogP contribution in [0.3, 0.4) is 0 Å². The minimum Gasteiger partial charge on any atom is -0.381 e. The number of carbonyl (C=O) groups is 1. The maximum atomic E-state index is 11.5. The van der Waals surface area contributed by atoms with E-state index in [1.807, 2.05) is 6.07 Å². The molecule has 0 unspecified atom stereocenters. The molecule has 1 amide bonds. The zero-order chi connectivity index (χ0) is 12.4. The smallest absolute Gasteiger partial charge is 0.251 e. The largest absolute Gasteiger partial charge is 0.381 e. The lowest BCUT2D eigenvalue weighted by Crippen LogP contribution is -2.33. The van der Waals surface area contributed by atoms with E-state index in [-0.39, 0.29) is 5.91 Å². The van der Waals surface area contributed by atoms with Gasteiger partial charge in [0, 0.05) is 18.7 Å². The zero-order valence-corrected chi connectivity index (χ0v) is 10.8. The number of halogens is 1. The number of nitrogens with one attached hydrogen (secondary N) is 2. The van der Waals surface area contributed by atoms with E-state index < -0.39 is 0 Å². The van der Waals surface area contributed by atoms with Gasteiger partial charge >= 0.3 is 0 Å². The molecule has 92 valence electrons. The Hall–Kier alpha value is -1.22. The van der Waals surface area contributed by atoms with Gasteiger partial charge in [-0.3, -0.25) is 4.79 Å². The molecule has 1 aliphatic carbocycles. The van der Waals surface area contributed by atoms with E-state index >= 15 is 0 Å². The van der Waals surface area contributed by atoms with Crippen LogP contribution in [0, 0.1) is 5.92 Å². The lowest BCUT2D eigenvalue weighted by Gasteiger charge is -2.34. The van der Waals surface area contributed by atoms with Crippen LogP contribution in [-0.4, -0.2) is 19.0 Å². The molecule has 0 atom stereocenters. The van der Waals surface area contributed by atoms with Crippen LogP contribution in [-0.2, 0) is 0 Å². The molecule has 2 rings (SSSR count). The van der Waals surface area contributed by atoms with E-state index in [0.29, 0.717) is 16.6 Å². The van der Waals surface area contributed by atoms with Crippen LogP contribution in [0.1, 0.15) is 30.1 Å². The maximum absolute atomic E-state index is 11.5. The minimum absolute atomic E-state index is 0.0910. The molecule has 2 N–H and O–H groups in total. The molecular weight excluding hydrogens is 236 g/mol. The molecule has 17 heavy (non-hydrogen) atoms. The van der Waals surface area contributed by atoms with Crippen molar-refractivity contribution in [2.45, 2.75) is 25.8 Å². The van der Waals surface area contributed by atoms with Gasteiger partial charge in [0.1, 0.15) is 0 Å². The number of hydrogen-bond acceptors (Lipinski definition) is 2. The molecular formula is C13H17ClN2O. The van der Waals surface area contributed by atoms with Gasteiger partial charge in [-0.25, -0.2) is 0 Å². The Balaban J connectivity index is 2.12. The SMILES string of the molecule is CNC(=O)c1ccc(Cl)c(NC2CC(C)C2)c1. The molecule has 1 aromatic rings. The van der Waals surface area contributed by atoms with E-state index in [1.54, 1.807) is 19.2 Å². The Morgan fingerprint density at radius 2 is 2.12 bits per heavy atom. The molecule has 0 heterocycles. The number of hydrogen-bond donors (Lipinski definition) is 2. The van der Waals surface area contributed by atoms with Gasteiger partial charge in [0.25, 0.3) is 5.91 Å². The molecule has 3 nitrogen and oxygen atoms in total. The fraction of sp³-hybridized carbons (Fsp3) is 0.462. The topological polar surface area (TPSA) is 41.1 Å². The third kappa shape index (κ3) is 2.72. The zero-order valence-electron chi connectivity index (χ0n) is 10.1. The first kappa shape index (κ1) is 12.2. The molecule has 0 saturated heterocycles. The van der Waals surface area contributed by atoms with E-state index in [4.69, 9.17) is 11.6 Å². The fourth-order valence-corrected chi connectivity index (χ4v) is 2.33. The van der Waals surface area contributed by atoms with Crippen molar-refractivity contribution >= 4 is 23.2 Å². The number of rotatable bonds is 3. The number of anilines is 1. The summed E-state index contributed by atoms with van der Waals surface area (Å²) in [5.74, 6) is 0.695.